The minimum atomic E-state index is -0.385. The molecule has 2 aromatic rings. The summed E-state index contributed by atoms with van der Waals surface area (Å²) in [7, 11) is 0. The minimum Gasteiger partial charge on any atom is -0.206 e. The fourth-order valence-corrected chi connectivity index (χ4v) is 2.41. The van der Waals surface area contributed by atoms with Crippen molar-refractivity contribution in [2.24, 2.45) is 0 Å². The van der Waals surface area contributed by atoms with Gasteiger partial charge in [-0.3, -0.25) is 0 Å². The lowest BCUT2D eigenvalue weighted by molar-refractivity contribution is 0.631. The first-order chi connectivity index (χ1) is 8.52. The molecule has 18 heavy (non-hydrogen) atoms. The zero-order chi connectivity index (χ0) is 13.3. The maximum absolute atomic E-state index is 13.8. The van der Waals surface area contributed by atoms with Gasteiger partial charge in [0.1, 0.15) is 5.82 Å². The summed E-state index contributed by atoms with van der Waals surface area (Å²) in [6.07, 6.45) is 0. The van der Waals surface area contributed by atoms with Crippen molar-refractivity contribution < 1.29 is 4.39 Å². The zero-order valence-electron chi connectivity index (χ0n) is 8.98. The van der Waals surface area contributed by atoms with Gasteiger partial charge in [0.25, 0.3) is 0 Å². The Balaban J connectivity index is 2.64. The Hall–Kier alpha value is -0.470. The maximum atomic E-state index is 13.8. The van der Waals surface area contributed by atoms with Crippen LogP contribution in [0, 0.1) is 5.82 Å². The van der Waals surface area contributed by atoms with Gasteiger partial charge in [0.05, 0.1) is 15.1 Å². The standard InChI is InChI=1S/C13H7Cl4F/c14-6-7-1-2-13(18)9(3-7)8-4-11(16)12(17)5-10(8)15/h1-5H,6H2. The molecule has 0 aliphatic rings. The predicted octanol–water partition coefficient (Wildman–Crippen LogP) is 6.19. The largest absolute Gasteiger partial charge is 0.206 e. The average molecular weight is 324 g/mol. The van der Waals surface area contributed by atoms with E-state index in [1.165, 1.54) is 12.1 Å². The average Bonchev–Trinajstić information content (AvgIpc) is 2.35. The lowest BCUT2D eigenvalue weighted by Gasteiger charge is -2.09. The molecule has 5 heteroatoms. The molecular formula is C13H7Cl4F. The highest BCUT2D eigenvalue weighted by Crippen LogP contribution is 2.36. The summed E-state index contributed by atoms with van der Waals surface area (Å²) >= 11 is 23.6. The summed E-state index contributed by atoms with van der Waals surface area (Å²) < 4.78 is 13.8. The van der Waals surface area contributed by atoms with Gasteiger partial charge < -0.3 is 0 Å². The van der Waals surface area contributed by atoms with E-state index in [9.17, 15) is 4.39 Å². The number of rotatable bonds is 2. The zero-order valence-corrected chi connectivity index (χ0v) is 12.0. The van der Waals surface area contributed by atoms with Crippen molar-refractivity contribution in [3.8, 4) is 11.1 Å². The van der Waals surface area contributed by atoms with Crippen LogP contribution in [-0.2, 0) is 5.88 Å². The van der Waals surface area contributed by atoms with Crippen LogP contribution < -0.4 is 0 Å². The van der Waals surface area contributed by atoms with Gasteiger partial charge in [-0.05, 0) is 29.8 Å². The first kappa shape index (κ1) is 14.0. The highest BCUT2D eigenvalue weighted by molar-refractivity contribution is 6.44. The van der Waals surface area contributed by atoms with Crippen LogP contribution in [0.2, 0.25) is 15.1 Å². The molecule has 0 nitrogen and oxygen atoms in total. The SMILES string of the molecule is Fc1ccc(CCl)cc1-c1cc(Cl)c(Cl)cc1Cl. The van der Waals surface area contributed by atoms with Gasteiger partial charge in [0.2, 0.25) is 0 Å². The second-order valence-electron chi connectivity index (χ2n) is 3.69. The molecule has 0 radical (unpaired) electrons. The lowest BCUT2D eigenvalue weighted by atomic mass is 10.0. The topological polar surface area (TPSA) is 0 Å². The van der Waals surface area contributed by atoms with E-state index in [0.29, 0.717) is 32.1 Å². The molecule has 0 aromatic heterocycles. The van der Waals surface area contributed by atoms with Gasteiger partial charge in [-0.1, -0.05) is 40.9 Å². The van der Waals surface area contributed by atoms with Crippen molar-refractivity contribution in [3.05, 3.63) is 56.8 Å². The Labute approximate surface area is 124 Å². The van der Waals surface area contributed by atoms with Crippen molar-refractivity contribution in [1.29, 1.82) is 0 Å². The third-order valence-electron chi connectivity index (χ3n) is 2.49. The Morgan fingerprint density at radius 1 is 0.833 bits per heavy atom. The molecule has 0 saturated heterocycles. The maximum Gasteiger partial charge on any atom is 0.131 e. The highest BCUT2D eigenvalue weighted by Gasteiger charge is 2.12. The van der Waals surface area contributed by atoms with Gasteiger partial charge in [0.15, 0.2) is 0 Å². The van der Waals surface area contributed by atoms with E-state index in [0.717, 1.165) is 5.56 Å². The monoisotopic (exact) mass is 322 g/mol. The molecule has 0 aliphatic carbocycles. The van der Waals surface area contributed by atoms with Gasteiger partial charge in [-0.2, -0.15) is 0 Å². The van der Waals surface area contributed by atoms with Crippen LogP contribution in [0.1, 0.15) is 5.56 Å². The van der Waals surface area contributed by atoms with Crippen LogP contribution in [0.25, 0.3) is 11.1 Å². The quantitative estimate of drug-likeness (QED) is 0.456. The molecule has 0 unspecified atom stereocenters. The van der Waals surface area contributed by atoms with E-state index < -0.39 is 0 Å². The minimum absolute atomic E-state index is 0.298. The van der Waals surface area contributed by atoms with E-state index in [1.54, 1.807) is 18.2 Å². The molecule has 0 saturated carbocycles. The number of alkyl halides is 1. The first-order valence-electron chi connectivity index (χ1n) is 5.02. The fourth-order valence-electron chi connectivity index (χ4n) is 1.59. The van der Waals surface area contributed by atoms with E-state index in [-0.39, 0.29) is 5.82 Å². The highest BCUT2D eigenvalue weighted by atomic mass is 35.5. The summed E-state index contributed by atoms with van der Waals surface area (Å²) in [6.45, 7) is 0. The van der Waals surface area contributed by atoms with E-state index in [4.69, 9.17) is 46.4 Å². The molecule has 0 aliphatic heterocycles. The van der Waals surface area contributed by atoms with Crippen molar-refractivity contribution in [3.63, 3.8) is 0 Å². The third kappa shape index (κ3) is 2.75. The lowest BCUT2D eigenvalue weighted by Crippen LogP contribution is -1.89. The van der Waals surface area contributed by atoms with E-state index >= 15 is 0 Å². The number of halogens is 5. The molecular weight excluding hydrogens is 317 g/mol. The van der Waals surface area contributed by atoms with Gasteiger partial charge in [-0.15, -0.1) is 11.6 Å². The summed E-state index contributed by atoms with van der Waals surface area (Å²) in [5, 5.41) is 1.00. The van der Waals surface area contributed by atoms with Crippen LogP contribution in [0.5, 0.6) is 0 Å². The van der Waals surface area contributed by atoms with Crippen molar-refractivity contribution in [2.75, 3.05) is 0 Å². The van der Waals surface area contributed by atoms with Gasteiger partial charge in [-0.25, -0.2) is 4.39 Å². The molecule has 0 N–H and O–H groups in total. The molecule has 0 bridgehead atoms. The van der Waals surface area contributed by atoms with E-state index in [1.807, 2.05) is 0 Å². The summed E-state index contributed by atoms with van der Waals surface area (Å²) in [4.78, 5) is 0. The summed E-state index contributed by atoms with van der Waals surface area (Å²) in [5.74, 6) is -0.0872. The summed E-state index contributed by atoms with van der Waals surface area (Å²) in [5.41, 5.74) is 1.66. The molecule has 94 valence electrons. The van der Waals surface area contributed by atoms with Crippen molar-refractivity contribution in [1.82, 2.24) is 0 Å². The molecule has 0 spiro atoms. The molecule has 2 aromatic carbocycles. The number of hydrogen-bond acceptors (Lipinski definition) is 0. The Morgan fingerprint density at radius 2 is 1.50 bits per heavy atom. The van der Waals surface area contributed by atoms with Gasteiger partial charge >= 0.3 is 0 Å². The van der Waals surface area contributed by atoms with Crippen LogP contribution >= 0.6 is 46.4 Å². The Kier molecular flexibility index (Phi) is 4.39. The Morgan fingerprint density at radius 3 is 2.17 bits per heavy atom. The molecule has 0 fully saturated rings. The molecule has 2 rings (SSSR count). The third-order valence-corrected chi connectivity index (χ3v) is 3.83. The summed E-state index contributed by atoms with van der Waals surface area (Å²) in [6, 6.07) is 7.66. The van der Waals surface area contributed by atoms with Crippen molar-refractivity contribution in [2.45, 2.75) is 5.88 Å². The smallest absolute Gasteiger partial charge is 0.131 e. The molecule has 0 atom stereocenters. The van der Waals surface area contributed by atoms with Crippen LogP contribution in [0.15, 0.2) is 30.3 Å². The first-order valence-corrected chi connectivity index (χ1v) is 6.69. The fraction of sp³-hybridized carbons (Fsp3) is 0.0769. The number of benzene rings is 2. The second kappa shape index (κ2) is 5.66. The Bertz CT molecular complexity index is 596. The van der Waals surface area contributed by atoms with Gasteiger partial charge in [0, 0.05) is 17.0 Å². The molecule has 0 amide bonds. The van der Waals surface area contributed by atoms with Crippen molar-refractivity contribution >= 4 is 46.4 Å². The molecule has 0 heterocycles. The van der Waals surface area contributed by atoms with Crippen LogP contribution in [-0.4, -0.2) is 0 Å². The second-order valence-corrected chi connectivity index (χ2v) is 5.18. The van der Waals surface area contributed by atoms with Crippen LogP contribution in [0.3, 0.4) is 0 Å². The number of hydrogen-bond donors (Lipinski definition) is 0. The van der Waals surface area contributed by atoms with Crippen LogP contribution in [0.4, 0.5) is 4.39 Å². The predicted molar refractivity (Wildman–Crippen MR) is 76.4 cm³/mol. The normalized spacial score (nSPS) is 10.7. The van der Waals surface area contributed by atoms with E-state index in [2.05, 4.69) is 0 Å².